The monoisotopic (exact) mass is 286 g/mol. The molecule has 2 atom stereocenters. The highest BCUT2D eigenvalue weighted by Gasteiger charge is 2.19. The van der Waals surface area contributed by atoms with Crippen LogP contribution in [-0.2, 0) is 11.3 Å². The molecule has 1 aromatic carbocycles. The van der Waals surface area contributed by atoms with Crippen molar-refractivity contribution in [2.24, 2.45) is 11.7 Å². The fourth-order valence-electron chi connectivity index (χ4n) is 2.01. The number of rotatable bonds is 6. The maximum Gasteiger partial charge on any atom is 0.241 e. The van der Waals surface area contributed by atoms with E-state index in [9.17, 15) is 4.79 Å². The summed E-state index contributed by atoms with van der Waals surface area (Å²) in [6.07, 6.45) is 4.56. The number of benzene rings is 1. The van der Waals surface area contributed by atoms with Gasteiger partial charge >= 0.3 is 0 Å². The highest BCUT2D eigenvalue weighted by Crippen LogP contribution is 2.13. The third-order valence-electron chi connectivity index (χ3n) is 3.68. The fourth-order valence-corrected chi connectivity index (χ4v) is 2.01. The van der Waals surface area contributed by atoms with E-state index in [2.05, 4.69) is 10.4 Å². The third kappa shape index (κ3) is 4.16. The first-order valence-corrected chi connectivity index (χ1v) is 7.23. The molecule has 5 nitrogen and oxygen atoms in total. The van der Waals surface area contributed by atoms with Crippen molar-refractivity contribution < 1.29 is 4.79 Å². The zero-order valence-corrected chi connectivity index (χ0v) is 12.5. The van der Waals surface area contributed by atoms with Crippen LogP contribution in [0.4, 0.5) is 5.69 Å². The molecule has 0 spiro atoms. The number of nitrogens with two attached hydrogens (primary N) is 1. The molecule has 5 heteroatoms. The average molecular weight is 286 g/mol. The number of anilines is 1. The first-order valence-electron chi connectivity index (χ1n) is 7.23. The van der Waals surface area contributed by atoms with Gasteiger partial charge in [-0.1, -0.05) is 32.4 Å². The van der Waals surface area contributed by atoms with E-state index in [1.54, 1.807) is 6.20 Å². The molecule has 0 fully saturated rings. The van der Waals surface area contributed by atoms with Crippen LogP contribution in [0.5, 0.6) is 0 Å². The Kier molecular flexibility index (Phi) is 5.11. The minimum atomic E-state index is -0.473. The molecule has 1 heterocycles. The summed E-state index contributed by atoms with van der Waals surface area (Å²) in [5, 5.41) is 7.02. The Morgan fingerprint density at radius 2 is 2.10 bits per heavy atom. The lowest BCUT2D eigenvalue weighted by atomic mass is 9.99. The van der Waals surface area contributed by atoms with Gasteiger partial charge in [-0.15, -0.1) is 0 Å². The van der Waals surface area contributed by atoms with Gasteiger partial charge in [0.25, 0.3) is 0 Å². The van der Waals surface area contributed by atoms with Crippen LogP contribution < -0.4 is 11.1 Å². The van der Waals surface area contributed by atoms with Gasteiger partial charge in [-0.05, 0) is 29.7 Å². The van der Waals surface area contributed by atoms with Crippen molar-refractivity contribution in [2.45, 2.75) is 32.9 Å². The Balaban J connectivity index is 1.94. The Morgan fingerprint density at radius 3 is 2.67 bits per heavy atom. The van der Waals surface area contributed by atoms with Gasteiger partial charge in [-0.25, -0.2) is 0 Å². The van der Waals surface area contributed by atoms with E-state index in [1.807, 2.05) is 55.1 Å². The van der Waals surface area contributed by atoms with Gasteiger partial charge in [-0.2, -0.15) is 5.10 Å². The number of amides is 1. The van der Waals surface area contributed by atoms with E-state index in [0.717, 1.165) is 17.7 Å². The molecule has 112 valence electrons. The summed E-state index contributed by atoms with van der Waals surface area (Å²) in [5.74, 6) is 0.0354. The van der Waals surface area contributed by atoms with E-state index in [0.29, 0.717) is 6.54 Å². The lowest BCUT2D eigenvalue weighted by Gasteiger charge is -2.17. The van der Waals surface area contributed by atoms with Gasteiger partial charge in [-0.3, -0.25) is 9.48 Å². The second kappa shape index (κ2) is 7.04. The van der Waals surface area contributed by atoms with Crippen LogP contribution >= 0.6 is 0 Å². The van der Waals surface area contributed by atoms with Crippen molar-refractivity contribution in [3.8, 4) is 0 Å². The van der Waals surface area contributed by atoms with Crippen molar-refractivity contribution in [3.05, 3.63) is 48.3 Å². The normalized spacial score (nSPS) is 13.7. The summed E-state index contributed by atoms with van der Waals surface area (Å²) in [7, 11) is 0. The van der Waals surface area contributed by atoms with Crippen molar-refractivity contribution in [2.75, 3.05) is 5.32 Å². The summed E-state index contributed by atoms with van der Waals surface area (Å²) in [6, 6.07) is 9.15. The van der Waals surface area contributed by atoms with Crippen LogP contribution in [0.3, 0.4) is 0 Å². The number of aromatic nitrogens is 2. The molecule has 0 saturated carbocycles. The lowest BCUT2D eigenvalue weighted by molar-refractivity contribution is -0.118. The maximum absolute atomic E-state index is 12.0. The predicted octanol–water partition coefficient (Wildman–Crippen LogP) is 2.24. The molecule has 21 heavy (non-hydrogen) atoms. The molecule has 0 saturated heterocycles. The Labute approximate surface area is 125 Å². The van der Waals surface area contributed by atoms with Crippen molar-refractivity contribution in [3.63, 3.8) is 0 Å². The minimum absolute atomic E-state index is 0.135. The van der Waals surface area contributed by atoms with E-state index in [1.165, 1.54) is 0 Å². The van der Waals surface area contributed by atoms with Crippen molar-refractivity contribution >= 4 is 11.6 Å². The number of nitrogens with zero attached hydrogens (tertiary/aromatic N) is 2. The molecule has 0 bridgehead atoms. The van der Waals surface area contributed by atoms with Crippen LogP contribution in [0.1, 0.15) is 25.8 Å². The molecule has 1 amide bonds. The summed E-state index contributed by atoms with van der Waals surface area (Å²) in [4.78, 5) is 12.0. The molecular formula is C16H22N4O. The van der Waals surface area contributed by atoms with Gasteiger partial charge in [0.1, 0.15) is 0 Å². The molecule has 1 unspecified atom stereocenters. The third-order valence-corrected chi connectivity index (χ3v) is 3.68. The number of carbonyl (C=O) groups excluding carboxylic acids is 1. The van der Waals surface area contributed by atoms with Gasteiger partial charge in [0.05, 0.1) is 12.6 Å². The molecular weight excluding hydrogens is 264 g/mol. The Morgan fingerprint density at radius 1 is 1.38 bits per heavy atom. The molecule has 0 aliphatic carbocycles. The summed E-state index contributed by atoms with van der Waals surface area (Å²) in [5.41, 5.74) is 7.81. The number of hydrogen-bond acceptors (Lipinski definition) is 3. The minimum Gasteiger partial charge on any atom is -0.325 e. The van der Waals surface area contributed by atoms with Crippen LogP contribution in [0.15, 0.2) is 42.7 Å². The van der Waals surface area contributed by atoms with Gasteiger partial charge in [0, 0.05) is 18.1 Å². The van der Waals surface area contributed by atoms with Gasteiger partial charge < -0.3 is 11.1 Å². The fraction of sp³-hybridized carbons (Fsp3) is 0.375. The molecule has 2 rings (SSSR count). The first-order chi connectivity index (χ1) is 10.1. The van der Waals surface area contributed by atoms with E-state index in [-0.39, 0.29) is 11.8 Å². The summed E-state index contributed by atoms with van der Waals surface area (Å²) in [6.45, 7) is 4.73. The Hall–Kier alpha value is -2.14. The van der Waals surface area contributed by atoms with Crippen LogP contribution in [0.25, 0.3) is 0 Å². The molecule has 2 aromatic rings. The van der Waals surface area contributed by atoms with Crippen LogP contribution in [-0.4, -0.2) is 21.7 Å². The molecule has 0 radical (unpaired) electrons. The van der Waals surface area contributed by atoms with E-state index < -0.39 is 6.04 Å². The first kappa shape index (κ1) is 15.3. The average Bonchev–Trinajstić information content (AvgIpc) is 3.00. The molecule has 0 aliphatic rings. The maximum atomic E-state index is 12.0. The molecule has 1 aromatic heterocycles. The molecule has 0 aliphatic heterocycles. The van der Waals surface area contributed by atoms with E-state index >= 15 is 0 Å². The Bertz CT molecular complexity index is 562. The van der Waals surface area contributed by atoms with E-state index in [4.69, 9.17) is 5.73 Å². The van der Waals surface area contributed by atoms with Gasteiger partial charge in [0.2, 0.25) is 5.91 Å². The topological polar surface area (TPSA) is 72.9 Å². The number of hydrogen-bond donors (Lipinski definition) is 2. The second-order valence-electron chi connectivity index (χ2n) is 5.30. The lowest BCUT2D eigenvalue weighted by Crippen LogP contribution is -2.40. The smallest absolute Gasteiger partial charge is 0.241 e. The predicted molar refractivity (Wildman–Crippen MR) is 83.8 cm³/mol. The van der Waals surface area contributed by atoms with Crippen LogP contribution in [0, 0.1) is 5.92 Å². The standard InChI is InChI=1S/C16H22N4O/c1-3-12(2)15(17)16(21)19-14-7-5-13(6-8-14)11-20-10-4-9-18-20/h4-10,12,15H,3,11,17H2,1-2H3,(H,19,21)/t12?,15-/m0/s1. The summed E-state index contributed by atoms with van der Waals surface area (Å²) >= 11 is 0. The zero-order chi connectivity index (χ0) is 15.2. The number of carbonyl (C=O) groups is 1. The van der Waals surface area contributed by atoms with Gasteiger partial charge in [0.15, 0.2) is 0 Å². The highest BCUT2D eigenvalue weighted by molar-refractivity contribution is 5.94. The number of nitrogens with one attached hydrogen (secondary N) is 1. The highest BCUT2D eigenvalue weighted by atomic mass is 16.2. The SMILES string of the molecule is CCC(C)[C@H](N)C(=O)Nc1ccc(Cn2cccn2)cc1. The van der Waals surface area contributed by atoms with Crippen molar-refractivity contribution in [1.29, 1.82) is 0 Å². The summed E-state index contributed by atoms with van der Waals surface area (Å²) < 4.78 is 1.85. The van der Waals surface area contributed by atoms with Crippen LogP contribution in [0.2, 0.25) is 0 Å². The largest absolute Gasteiger partial charge is 0.325 e. The quantitative estimate of drug-likeness (QED) is 0.855. The van der Waals surface area contributed by atoms with Crippen molar-refractivity contribution in [1.82, 2.24) is 9.78 Å². The molecule has 3 N–H and O–H groups in total. The zero-order valence-electron chi connectivity index (χ0n) is 12.5. The second-order valence-corrected chi connectivity index (χ2v) is 5.30.